The van der Waals surface area contributed by atoms with Crippen LogP contribution in [0.3, 0.4) is 0 Å². The van der Waals surface area contributed by atoms with Crippen molar-refractivity contribution in [1.29, 1.82) is 0 Å². The van der Waals surface area contributed by atoms with Gasteiger partial charge < -0.3 is 10.2 Å². The van der Waals surface area contributed by atoms with Crippen LogP contribution in [0.25, 0.3) is 11.1 Å². The van der Waals surface area contributed by atoms with Gasteiger partial charge in [0.25, 0.3) is 5.91 Å². The molecule has 158 valence electrons. The van der Waals surface area contributed by atoms with Crippen molar-refractivity contribution >= 4 is 11.8 Å². The molecule has 1 aliphatic heterocycles. The molecule has 4 rings (SSSR count). The first-order chi connectivity index (χ1) is 15.1. The highest BCUT2D eigenvalue weighted by Gasteiger charge is 2.45. The van der Waals surface area contributed by atoms with Crippen LogP contribution < -0.4 is 5.32 Å². The third-order valence-corrected chi connectivity index (χ3v) is 5.96. The molecule has 1 saturated heterocycles. The van der Waals surface area contributed by atoms with E-state index in [1.807, 2.05) is 31.2 Å². The third kappa shape index (κ3) is 4.50. The van der Waals surface area contributed by atoms with Crippen LogP contribution in [0.1, 0.15) is 29.3 Å². The Morgan fingerprint density at radius 3 is 2.48 bits per heavy atom. The zero-order valence-corrected chi connectivity index (χ0v) is 17.8. The van der Waals surface area contributed by atoms with Crippen molar-refractivity contribution in [2.75, 3.05) is 19.6 Å². The number of hydrogen-bond acceptors (Lipinski definition) is 3. The topological polar surface area (TPSA) is 62.3 Å². The number of hydrogen-bond donors (Lipinski definition) is 1. The minimum Gasteiger partial charge on any atom is -0.356 e. The molecule has 1 aliphatic rings. The van der Waals surface area contributed by atoms with Gasteiger partial charge in [-0.05, 0) is 48.6 Å². The van der Waals surface area contributed by atoms with E-state index >= 15 is 0 Å². The maximum absolute atomic E-state index is 13.2. The number of benzene rings is 2. The van der Waals surface area contributed by atoms with E-state index in [0.717, 1.165) is 16.7 Å². The predicted octanol–water partition coefficient (Wildman–Crippen LogP) is 3.96. The van der Waals surface area contributed by atoms with Gasteiger partial charge in [0.2, 0.25) is 5.91 Å². The van der Waals surface area contributed by atoms with Gasteiger partial charge >= 0.3 is 0 Å². The zero-order chi connectivity index (χ0) is 21.7. The fourth-order valence-electron chi connectivity index (χ4n) is 4.36. The summed E-state index contributed by atoms with van der Waals surface area (Å²) in [4.78, 5) is 31.9. The molecule has 0 saturated carbocycles. The Morgan fingerprint density at radius 2 is 1.74 bits per heavy atom. The Hall–Kier alpha value is -3.47. The average Bonchev–Trinajstić information content (AvgIpc) is 3.25. The van der Waals surface area contributed by atoms with Crippen LogP contribution in [0, 0.1) is 5.41 Å². The maximum Gasteiger partial charge on any atom is 0.253 e. The highest BCUT2D eigenvalue weighted by atomic mass is 16.2. The second-order valence-electron chi connectivity index (χ2n) is 8.10. The summed E-state index contributed by atoms with van der Waals surface area (Å²) in [5.74, 6) is -0.0308. The van der Waals surface area contributed by atoms with Gasteiger partial charge in [-0.3, -0.25) is 14.6 Å². The van der Waals surface area contributed by atoms with Crippen molar-refractivity contribution in [1.82, 2.24) is 15.2 Å². The Labute approximate surface area is 183 Å². The standard InChI is InChI=1S/C26H27N3O2/c1-2-28-25(31)26(13-16-29(19-26)24(30)22-11-14-27-15-12-22)18-20-7-6-10-23(17-20)21-8-4-3-5-9-21/h3-12,14-15,17H,2,13,16,18-19H2,1H3,(H,28,31)/t26-/m1/s1. The second kappa shape index (κ2) is 9.13. The summed E-state index contributed by atoms with van der Waals surface area (Å²) in [6.45, 7) is 3.48. The lowest BCUT2D eigenvalue weighted by molar-refractivity contribution is -0.130. The fraction of sp³-hybridized carbons (Fsp3) is 0.269. The molecule has 0 spiro atoms. The van der Waals surface area contributed by atoms with Gasteiger partial charge in [-0.25, -0.2) is 0 Å². The van der Waals surface area contributed by atoms with Crippen molar-refractivity contribution in [3.63, 3.8) is 0 Å². The lowest BCUT2D eigenvalue weighted by atomic mass is 9.79. The second-order valence-corrected chi connectivity index (χ2v) is 8.10. The zero-order valence-electron chi connectivity index (χ0n) is 17.8. The third-order valence-electron chi connectivity index (χ3n) is 5.96. The first-order valence-electron chi connectivity index (χ1n) is 10.7. The predicted molar refractivity (Wildman–Crippen MR) is 121 cm³/mol. The number of carbonyl (C=O) groups excluding carboxylic acids is 2. The monoisotopic (exact) mass is 413 g/mol. The lowest BCUT2D eigenvalue weighted by Gasteiger charge is -2.28. The van der Waals surface area contributed by atoms with E-state index in [1.54, 1.807) is 29.4 Å². The molecular weight excluding hydrogens is 386 g/mol. The summed E-state index contributed by atoms with van der Waals surface area (Å²) < 4.78 is 0. The van der Waals surface area contributed by atoms with Crippen LogP contribution in [0.5, 0.6) is 0 Å². The molecule has 5 heteroatoms. The van der Waals surface area contributed by atoms with E-state index in [0.29, 0.717) is 38.0 Å². The molecule has 0 unspecified atom stereocenters. The van der Waals surface area contributed by atoms with Crippen LogP contribution in [0.2, 0.25) is 0 Å². The molecule has 2 aromatic carbocycles. The van der Waals surface area contributed by atoms with Crippen LogP contribution in [-0.2, 0) is 11.2 Å². The van der Waals surface area contributed by atoms with E-state index in [2.05, 4.69) is 40.6 Å². The number of pyridine rings is 1. The van der Waals surface area contributed by atoms with Crippen molar-refractivity contribution in [2.24, 2.45) is 5.41 Å². The SMILES string of the molecule is CCNC(=O)[C@@]1(Cc2cccc(-c3ccccc3)c2)CCN(C(=O)c2ccncc2)C1. The number of likely N-dealkylation sites (tertiary alicyclic amines) is 1. The van der Waals surface area contributed by atoms with Crippen LogP contribution in [0.15, 0.2) is 79.1 Å². The molecule has 2 amide bonds. The highest BCUT2D eigenvalue weighted by Crippen LogP contribution is 2.36. The molecular formula is C26H27N3O2. The number of amides is 2. The van der Waals surface area contributed by atoms with Crippen LogP contribution in [0.4, 0.5) is 0 Å². The van der Waals surface area contributed by atoms with Crippen molar-refractivity contribution in [3.8, 4) is 11.1 Å². The van der Waals surface area contributed by atoms with E-state index < -0.39 is 5.41 Å². The molecule has 5 nitrogen and oxygen atoms in total. The minimum absolute atomic E-state index is 0.0187. The molecule has 1 N–H and O–H groups in total. The number of nitrogens with zero attached hydrogens (tertiary/aromatic N) is 2. The summed E-state index contributed by atoms with van der Waals surface area (Å²) in [6.07, 6.45) is 4.48. The largest absolute Gasteiger partial charge is 0.356 e. The Bertz CT molecular complexity index is 1050. The van der Waals surface area contributed by atoms with Gasteiger partial charge in [0.15, 0.2) is 0 Å². The van der Waals surface area contributed by atoms with E-state index in [-0.39, 0.29) is 11.8 Å². The molecule has 1 aromatic heterocycles. The van der Waals surface area contributed by atoms with E-state index in [4.69, 9.17) is 0 Å². The summed E-state index contributed by atoms with van der Waals surface area (Å²) in [5, 5.41) is 3.01. The molecule has 0 aliphatic carbocycles. The highest BCUT2D eigenvalue weighted by molar-refractivity contribution is 5.95. The van der Waals surface area contributed by atoms with Gasteiger partial charge in [-0.15, -0.1) is 0 Å². The molecule has 1 fully saturated rings. The molecule has 31 heavy (non-hydrogen) atoms. The number of nitrogens with one attached hydrogen (secondary N) is 1. The normalized spacial score (nSPS) is 18.0. The van der Waals surface area contributed by atoms with Crippen LogP contribution >= 0.6 is 0 Å². The first-order valence-corrected chi connectivity index (χ1v) is 10.7. The van der Waals surface area contributed by atoms with Gasteiger partial charge in [0.1, 0.15) is 0 Å². The van der Waals surface area contributed by atoms with Crippen LogP contribution in [-0.4, -0.2) is 41.3 Å². The van der Waals surface area contributed by atoms with E-state index in [1.165, 1.54) is 0 Å². The van der Waals surface area contributed by atoms with Crippen molar-refractivity contribution in [2.45, 2.75) is 19.8 Å². The molecule has 2 heterocycles. The molecule has 1 atom stereocenters. The number of rotatable bonds is 6. The summed E-state index contributed by atoms with van der Waals surface area (Å²) in [5.41, 5.74) is 3.36. The number of carbonyl (C=O) groups is 2. The van der Waals surface area contributed by atoms with Gasteiger partial charge in [0.05, 0.1) is 5.41 Å². The summed E-state index contributed by atoms with van der Waals surface area (Å²) in [6, 6.07) is 22.0. The molecule has 3 aromatic rings. The number of aromatic nitrogens is 1. The van der Waals surface area contributed by atoms with Gasteiger partial charge in [0, 0.05) is 37.6 Å². The Kier molecular flexibility index (Phi) is 6.12. The minimum atomic E-state index is -0.631. The quantitative estimate of drug-likeness (QED) is 0.665. The van der Waals surface area contributed by atoms with Gasteiger partial charge in [-0.1, -0.05) is 54.6 Å². The average molecular weight is 414 g/mol. The smallest absolute Gasteiger partial charge is 0.253 e. The fourth-order valence-corrected chi connectivity index (χ4v) is 4.36. The lowest BCUT2D eigenvalue weighted by Crippen LogP contribution is -2.45. The Balaban J connectivity index is 1.59. The van der Waals surface area contributed by atoms with Gasteiger partial charge in [-0.2, -0.15) is 0 Å². The summed E-state index contributed by atoms with van der Waals surface area (Å²) in [7, 11) is 0. The van der Waals surface area contributed by atoms with E-state index in [9.17, 15) is 9.59 Å². The maximum atomic E-state index is 13.2. The molecule has 0 bridgehead atoms. The van der Waals surface area contributed by atoms with Crippen molar-refractivity contribution in [3.05, 3.63) is 90.3 Å². The first kappa shape index (κ1) is 20.8. The Morgan fingerprint density at radius 1 is 1.00 bits per heavy atom. The summed E-state index contributed by atoms with van der Waals surface area (Å²) >= 11 is 0. The molecule has 0 radical (unpaired) electrons. The van der Waals surface area contributed by atoms with Crippen molar-refractivity contribution < 1.29 is 9.59 Å².